The van der Waals surface area contributed by atoms with E-state index in [0.717, 1.165) is 25.7 Å². The topological polar surface area (TPSA) is 44.8 Å². The molecular weight excluding hydrogens is 244 g/mol. The molecule has 0 bridgehead atoms. The summed E-state index contributed by atoms with van der Waals surface area (Å²) in [6.07, 6.45) is 3.52. The van der Waals surface area contributed by atoms with Crippen molar-refractivity contribution >= 4 is 5.97 Å². The van der Waals surface area contributed by atoms with E-state index in [1.807, 2.05) is 20.8 Å². The molecule has 4 nitrogen and oxygen atoms in total. The zero-order chi connectivity index (χ0) is 14.1. The van der Waals surface area contributed by atoms with Crippen LogP contribution in [0.1, 0.15) is 53.4 Å². The van der Waals surface area contributed by atoms with Crippen molar-refractivity contribution in [2.24, 2.45) is 11.8 Å². The van der Waals surface area contributed by atoms with E-state index in [4.69, 9.17) is 14.2 Å². The number of hydrogen-bond acceptors (Lipinski definition) is 4. The van der Waals surface area contributed by atoms with Gasteiger partial charge in [0, 0.05) is 12.8 Å². The molecule has 0 aromatic carbocycles. The normalized spacial score (nSPS) is 27.7. The zero-order valence-corrected chi connectivity index (χ0v) is 12.5. The number of ether oxygens (including phenoxy) is 3. The van der Waals surface area contributed by atoms with Gasteiger partial charge in [-0.25, -0.2) is 0 Å². The molecular formula is C15H26O4. The van der Waals surface area contributed by atoms with E-state index >= 15 is 0 Å². The molecule has 0 amide bonds. The fraction of sp³-hybridized carbons (Fsp3) is 0.933. The summed E-state index contributed by atoms with van der Waals surface area (Å²) in [6.45, 7) is 9.15. The maximum absolute atomic E-state index is 12.3. The Morgan fingerprint density at radius 2 is 2.00 bits per heavy atom. The summed E-state index contributed by atoms with van der Waals surface area (Å²) in [7, 11) is 0. The van der Waals surface area contributed by atoms with Gasteiger partial charge >= 0.3 is 5.97 Å². The van der Waals surface area contributed by atoms with E-state index < -0.39 is 11.4 Å². The largest absolute Gasteiger partial charge is 0.460 e. The van der Waals surface area contributed by atoms with Gasteiger partial charge in [0.05, 0.1) is 19.1 Å². The van der Waals surface area contributed by atoms with Crippen molar-refractivity contribution < 1.29 is 19.0 Å². The average Bonchev–Trinajstić information content (AvgIpc) is 2.89. The summed E-state index contributed by atoms with van der Waals surface area (Å²) in [5, 5.41) is 0. The highest BCUT2D eigenvalue weighted by Crippen LogP contribution is 2.45. The van der Waals surface area contributed by atoms with Crippen LogP contribution in [-0.2, 0) is 19.0 Å². The second-order valence-corrected chi connectivity index (χ2v) is 6.66. The maximum atomic E-state index is 12.3. The van der Waals surface area contributed by atoms with Crippen LogP contribution in [0.25, 0.3) is 0 Å². The summed E-state index contributed by atoms with van der Waals surface area (Å²) in [6, 6.07) is 0. The summed E-state index contributed by atoms with van der Waals surface area (Å²) in [4.78, 5) is 12.3. The Morgan fingerprint density at radius 1 is 1.37 bits per heavy atom. The first-order valence-corrected chi connectivity index (χ1v) is 7.36. The van der Waals surface area contributed by atoms with Crippen molar-refractivity contribution in [3.63, 3.8) is 0 Å². The molecule has 1 saturated carbocycles. The zero-order valence-electron chi connectivity index (χ0n) is 12.5. The van der Waals surface area contributed by atoms with Crippen LogP contribution in [-0.4, -0.2) is 30.6 Å². The number of esters is 1. The predicted octanol–water partition coefficient (Wildman–Crippen LogP) is 2.90. The molecule has 0 aromatic rings. The van der Waals surface area contributed by atoms with Gasteiger partial charge in [-0.05, 0) is 39.5 Å². The summed E-state index contributed by atoms with van der Waals surface area (Å²) < 4.78 is 17.0. The summed E-state index contributed by atoms with van der Waals surface area (Å²) >= 11 is 0. The number of carbonyl (C=O) groups is 1. The van der Waals surface area contributed by atoms with E-state index in [1.165, 1.54) is 0 Å². The van der Waals surface area contributed by atoms with Gasteiger partial charge in [-0.15, -0.1) is 0 Å². The lowest BCUT2D eigenvalue weighted by atomic mass is 9.88. The van der Waals surface area contributed by atoms with Crippen molar-refractivity contribution in [3.8, 4) is 0 Å². The Balaban J connectivity index is 1.97. The molecule has 2 rings (SSSR count). The number of hydrogen-bond donors (Lipinski definition) is 0. The molecule has 19 heavy (non-hydrogen) atoms. The third-order valence-electron chi connectivity index (χ3n) is 4.00. The van der Waals surface area contributed by atoms with Crippen LogP contribution >= 0.6 is 0 Å². The van der Waals surface area contributed by atoms with Crippen LogP contribution in [0.15, 0.2) is 0 Å². The highest BCUT2D eigenvalue weighted by molar-refractivity contribution is 5.73. The minimum Gasteiger partial charge on any atom is -0.460 e. The first kappa shape index (κ1) is 14.8. The van der Waals surface area contributed by atoms with Crippen molar-refractivity contribution in [3.05, 3.63) is 0 Å². The predicted molar refractivity (Wildman–Crippen MR) is 71.6 cm³/mol. The van der Waals surface area contributed by atoms with Crippen LogP contribution in [0, 0.1) is 11.8 Å². The lowest BCUT2D eigenvalue weighted by molar-refractivity contribution is -0.166. The molecule has 1 saturated heterocycles. The second kappa shape index (κ2) is 5.41. The standard InChI is InChI=1S/C15H26O4/c1-5-12(13(16)19-14(2,3)4)11-6-7-15(10-11)17-8-9-18-15/h11-12H,5-10H2,1-4H3. The third kappa shape index (κ3) is 3.48. The minimum absolute atomic E-state index is 0.0357. The lowest BCUT2D eigenvalue weighted by Crippen LogP contribution is -2.33. The molecule has 2 aliphatic rings. The Kier molecular flexibility index (Phi) is 4.21. The molecule has 1 heterocycles. The Hall–Kier alpha value is -0.610. The van der Waals surface area contributed by atoms with Crippen molar-refractivity contribution in [1.29, 1.82) is 0 Å². The highest BCUT2D eigenvalue weighted by atomic mass is 16.7. The van der Waals surface area contributed by atoms with Gasteiger partial charge in [0.2, 0.25) is 0 Å². The third-order valence-corrected chi connectivity index (χ3v) is 4.00. The molecule has 4 heteroatoms. The van der Waals surface area contributed by atoms with Crippen molar-refractivity contribution in [2.75, 3.05) is 13.2 Å². The van der Waals surface area contributed by atoms with E-state index in [0.29, 0.717) is 19.1 Å². The highest BCUT2D eigenvalue weighted by Gasteiger charge is 2.47. The Morgan fingerprint density at radius 3 is 2.53 bits per heavy atom. The molecule has 1 aliphatic heterocycles. The van der Waals surface area contributed by atoms with Crippen molar-refractivity contribution in [2.45, 2.75) is 64.8 Å². The SMILES string of the molecule is CCC(C(=O)OC(C)(C)C)C1CCC2(C1)OCCO2. The first-order valence-electron chi connectivity index (χ1n) is 7.36. The van der Waals surface area contributed by atoms with E-state index in [1.54, 1.807) is 0 Å². The average molecular weight is 270 g/mol. The Labute approximate surface area is 115 Å². The van der Waals surface area contributed by atoms with Crippen LogP contribution < -0.4 is 0 Å². The van der Waals surface area contributed by atoms with Gasteiger partial charge < -0.3 is 14.2 Å². The molecule has 1 aliphatic carbocycles. The molecule has 0 aromatic heterocycles. The molecule has 2 fully saturated rings. The van der Waals surface area contributed by atoms with Crippen LogP contribution in [0.3, 0.4) is 0 Å². The van der Waals surface area contributed by atoms with Gasteiger partial charge in [-0.1, -0.05) is 6.92 Å². The quantitative estimate of drug-likeness (QED) is 0.740. The fourth-order valence-electron chi connectivity index (χ4n) is 3.18. The van der Waals surface area contributed by atoms with Gasteiger partial charge in [0.1, 0.15) is 5.60 Å². The molecule has 2 atom stereocenters. The minimum atomic E-state index is -0.416. The van der Waals surface area contributed by atoms with Gasteiger partial charge in [0.15, 0.2) is 5.79 Å². The van der Waals surface area contributed by atoms with Gasteiger partial charge in [-0.3, -0.25) is 4.79 Å². The molecule has 1 spiro atoms. The van der Waals surface area contributed by atoms with Gasteiger partial charge in [-0.2, -0.15) is 0 Å². The van der Waals surface area contributed by atoms with E-state index in [2.05, 4.69) is 6.92 Å². The molecule has 110 valence electrons. The summed E-state index contributed by atoms with van der Waals surface area (Å²) in [5.41, 5.74) is -0.416. The van der Waals surface area contributed by atoms with Crippen LogP contribution in [0.4, 0.5) is 0 Å². The van der Waals surface area contributed by atoms with E-state index in [9.17, 15) is 4.79 Å². The van der Waals surface area contributed by atoms with Crippen molar-refractivity contribution in [1.82, 2.24) is 0 Å². The second-order valence-electron chi connectivity index (χ2n) is 6.66. The molecule has 2 unspecified atom stereocenters. The monoisotopic (exact) mass is 270 g/mol. The van der Waals surface area contributed by atoms with Crippen LogP contribution in [0.5, 0.6) is 0 Å². The van der Waals surface area contributed by atoms with E-state index in [-0.39, 0.29) is 11.9 Å². The van der Waals surface area contributed by atoms with Gasteiger partial charge in [0.25, 0.3) is 0 Å². The summed E-state index contributed by atoms with van der Waals surface area (Å²) in [5.74, 6) is -0.195. The number of rotatable bonds is 3. The fourth-order valence-corrected chi connectivity index (χ4v) is 3.18. The molecule has 0 radical (unpaired) electrons. The Bertz CT molecular complexity index is 326. The number of carbonyl (C=O) groups excluding carboxylic acids is 1. The first-order chi connectivity index (χ1) is 8.85. The lowest BCUT2D eigenvalue weighted by Gasteiger charge is -2.27. The smallest absolute Gasteiger partial charge is 0.309 e. The molecule has 0 N–H and O–H groups in total. The van der Waals surface area contributed by atoms with Crippen LogP contribution in [0.2, 0.25) is 0 Å². The maximum Gasteiger partial charge on any atom is 0.309 e.